The minimum atomic E-state index is -0.813. The average molecular weight is 264 g/mol. The van der Waals surface area contributed by atoms with Crippen molar-refractivity contribution < 1.29 is 14.3 Å². The lowest BCUT2D eigenvalue weighted by molar-refractivity contribution is -0.161. The highest BCUT2D eigenvalue weighted by atomic mass is 16.7. The van der Waals surface area contributed by atoms with E-state index in [2.05, 4.69) is 0 Å². The lowest BCUT2D eigenvalue weighted by Gasteiger charge is -2.24. The standard InChI is InChI=1S/C16H24O3/c1-5-12(3)18-16(19-13(4)6-2)15(17)14-10-8-7-9-11-14/h7-13,16H,5-6H2,1-4H3/t12-,13-/m0/s1. The first kappa shape index (κ1) is 15.9. The van der Waals surface area contributed by atoms with E-state index in [1.165, 1.54) is 0 Å². The molecule has 106 valence electrons. The molecular formula is C16H24O3. The van der Waals surface area contributed by atoms with Gasteiger partial charge >= 0.3 is 0 Å². The van der Waals surface area contributed by atoms with Gasteiger partial charge in [-0.2, -0.15) is 0 Å². The summed E-state index contributed by atoms with van der Waals surface area (Å²) in [6.07, 6.45) is 0.890. The Morgan fingerprint density at radius 2 is 1.47 bits per heavy atom. The summed E-state index contributed by atoms with van der Waals surface area (Å²) in [5, 5.41) is 0. The Morgan fingerprint density at radius 1 is 1.00 bits per heavy atom. The van der Waals surface area contributed by atoms with Crippen molar-refractivity contribution in [2.24, 2.45) is 0 Å². The molecule has 0 radical (unpaired) electrons. The van der Waals surface area contributed by atoms with Crippen LogP contribution in [0.2, 0.25) is 0 Å². The van der Waals surface area contributed by atoms with Gasteiger partial charge in [0.2, 0.25) is 12.1 Å². The Morgan fingerprint density at radius 3 is 1.89 bits per heavy atom. The number of carbonyl (C=O) groups excluding carboxylic acids is 1. The van der Waals surface area contributed by atoms with E-state index in [1.807, 2.05) is 45.9 Å². The predicted octanol–water partition coefficient (Wildman–Crippen LogP) is 3.83. The quantitative estimate of drug-likeness (QED) is 0.529. The summed E-state index contributed by atoms with van der Waals surface area (Å²) in [6, 6.07) is 9.15. The molecule has 0 saturated carbocycles. The zero-order valence-electron chi connectivity index (χ0n) is 12.3. The van der Waals surface area contributed by atoms with Gasteiger partial charge in [-0.25, -0.2) is 0 Å². The zero-order chi connectivity index (χ0) is 14.3. The summed E-state index contributed by atoms with van der Waals surface area (Å²) in [6.45, 7) is 7.95. The third-order valence-electron chi connectivity index (χ3n) is 3.13. The molecule has 2 atom stereocenters. The van der Waals surface area contributed by atoms with Crippen LogP contribution in [0.3, 0.4) is 0 Å². The lowest BCUT2D eigenvalue weighted by atomic mass is 10.1. The molecule has 0 fully saturated rings. The molecule has 1 aromatic rings. The molecule has 0 unspecified atom stereocenters. The second-order valence-corrected chi connectivity index (χ2v) is 4.77. The van der Waals surface area contributed by atoms with Gasteiger partial charge in [-0.15, -0.1) is 0 Å². The number of ether oxygens (including phenoxy) is 2. The van der Waals surface area contributed by atoms with Gasteiger partial charge in [0.1, 0.15) is 0 Å². The van der Waals surface area contributed by atoms with Gasteiger partial charge in [0, 0.05) is 5.56 Å². The highest BCUT2D eigenvalue weighted by molar-refractivity contribution is 5.98. The molecule has 0 aliphatic heterocycles. The zero-order valence-corrected chi connectivity index (χ0v) is 12.3. The van der Waals surface area contributed by atoms with Crippen LogP contribution in [0.4, 0.5) is 0 Å². The Balaban J connectivity index is 2.80. The van der Waals surface area contributed by atoms with Crippen molar-refractivity contribution in [3.05, 3.63) is 35.9 Å². The molecule has 0 saturated heterocycles. The average Bonchev–Trinajstić information content (AvgIpc) is 2.46. The van der Waals surface area contributed by atoms with E-state index in [4.69, 9.17) is 9.47 Å². The highest BCUT2D eigenvalue weighted by Gasteiger charge is 2.25. The van der Waals surface area contributed by atoms with Crippen LogP contribution in [-0.2, 0) is 9.47 Å². The van der Waals surface area contributed by atoms with Crippen molar-refractivity contribution in [2.75, 3.05) is 0 Å². The van der Waals surface area contributed by atoms with Crippen LogP contribution in [0.15, 0.2) is 30.3 Å². The number of hydrogen-bond acceptors (Lipinski definition) is 3. The van der Waals surface area contributed by atoms with Gasteiger partial charge < -0.3 is 9.47 Å². The maximum atomic E-state index is 12.4. The first-order valence-electron chi connectivity index (χ1n) is 6.98. The van der Waals surface area contributed by atoms with Crippen molar-refractivity contribution in [3.8, 4) is 0 Å². The fourth-order valence-electron chi connectivity index (χ4n) is 1.51. The molecule has 3 heteroatoms. The summed E-state index contributed by atoms with van der Waals surface area (Å²) < 4.78 is 11.4. The van der Waals surface area contributed by atoms with Crippen LogP contribution in [0, 0.1) is 0 Å². The van der Waals surface area contributed by atoms with Crippen molar-refractivity contribution in [1.29, 1.82) is 0 Å². The summed E-state index contributed by atoms with van der Waals surface area (Å²) >= 11 is 0. The third kappa shape index (κ3) is 5.13. The van der Waals surface area contributed by atoms with Gasteiger partial charge in [0.25, 0.3) is 0 Å². The Bertz CT molecular complexity index is 363. The van der Waals surface area contributed by atoms with Crippen molar-refractivity contribution in [1.82, 2.24) is 0 Å². The third-order valence-corrected chi connectivity index (χ3v) is 3.13. The lowest BCUT2D eigenvalue weighted by Crippen LogP contribution is -2.33. The number of carbonyl (C=O) groups is 1. The molecular weight excluding hydrogens is 240 g/mol. The molecule has 0 aromatic heterocycles. The molecule has 0 amide bonds. The molecule has 0 heterocycles. The van der Waals surface area contributed by atoms with Crippen LogP contribution in [-0.4, -0.2) is 24.3 Å². The van der Waals surface area contributed by atoms with Gasteiger partial charge in [-0.3, -0.25) is 4.79 Å². The molecule has 1 aromatic carbocycles. The van der Waals surface area contributed by atoms with Crippen molar-refractivity contribution in [3.63, 3.8) is 0 Å². The monoisotopic (exact) mass is 264 g/mol. The van der Waals surface area contributed by atoms with Crippen LogP contribution < -0.4 is 0 Å². The number of ketones is 1. The number of benzene rings is 1. The Hall–Kier alpha value is -1.19. The van der Waals surface area contributed by atoms with E-state index >= 15 is 0 Å². The van der Waals surface area contributed by atoms with E-state index < -0.39 is 6.29 Å². The van der Waals surface area contributed by atoms with E-state index in [1.54, 1.807) is 12.1 Å². The number of rotatable bonds is 8. The topological polar surface area (TPSA) is 35.5 Å². The molecule has 19 heavy (non-hydrogen) atoms. The van der Waals surface area contributed by atoms with E-state index in [0.29, 0.717) is 5.56 Å². The first-order valence-corrected chi connectivity index (χ1v) is 6.98. The predicted molar refractivity (Wildman–Crippen MR) is 76.2 cm³/mol. The normalized spacial score (nSPS) is 14.4. The van der Waals surface area contributed by atoms with Crippen molar-refractivity contribution >= 4 is 5.78 Å². The summed E-state index contributed by atoms with van der Waals surface area (Å²) in [5.74, 6) is -0.110. The van der Waals surface area contributed by atoms with Gasteiger partial charge in [-0.1, -0.05) is 44.2 Å². The minimum Gasteiger partial charge on any atom is -0.343 e. The summed E-state index contributed by atoms with van der Waals surface area (Å²) in [4.78, 5) is 12.4. The van der Waals surface area contributed by atoms with Gasteiger partial charge in [0.15, 0.2) is 0 Å². The second-order valence-electron chi connectivity index (χ2n) is 4.77. The van der Waals surface area contributed by atoms with Crippen LogP contribution in [0.25, 0.3) is 0 Å². The molecule has 0 aliphatic carbocycles. The van der Waals surface area contributed by atoms with Gasteiger partial charge in [0.05, 0.1) is 12.2 Å². The fourth-order valence-corrected chi connectivity index (χ4v) is 1.51. The van der Waals surface area contributed by atoms with Crippen molar-refractivity contribution in [2.45, 2.75) is 59.0 Å². The molecule has 3 nitrogen and oxygen atoms in total. The maximum Gasteiger partial charge on any atom is 0.223 e. The smallest absolute Gasteiger partial charge is 0.223 e. The first-order chi connectivity index (χ1) is 9.08. The molecule has 0 aliphatic rings. The van der Waals surface area contributed by atoms with E-state index in [9.17, 15) is 4.79 Å². The largest absolute Gasteiger partial charge is 0.343 e. The molecule has 0 N–H and O–H groups in total. The molecule has 0 spiro atoms. The second kappa shape index (κ2) is 8.08. The summed E-state index contributed by atoms with van der Waals surface area (Å²) in [7, 11) is 0. The van der Waals surface area contributed by atoms with Gasteiger partial charge in [-0.05, 0) is 26.7 Å². The SMILES string of the molecule is CC[C@H](C)OC(O[C@@H](C)CC)C(=O)c1ccccc1. The van der Waals surface area contributed by atoms with E-state index in [0.717, 1.165) is 12.8 Å². The van der Waals surface area contributed by atoms with E-state index in [-0.39, 0.29) is 18.0 Å². The van der Waals surface area contributed by atoms with Crippen LogP contribution in [0.5, 0.6) is 0 Å². The minimum absolute atomic E-state index is 0.00159. The Labute approximate surface area is 115 Å². The fraction of sp³-hybridized carbons (Fsp3) is 0.562. The summed E-state index contributed by atoms with van der Waals surface area (Å²) in [5.41, 5.74) is 0.624. The maximum absolute atomic E-state index is 12.4. The van der Waals surface area contributed by atoms with Crippen LogP contribution in [0.1, 0.15) is 50.9 Å². The number of hydrogen-bond donors (Lipinski definition) is 0. The number of Topliss-reactive ketones (excluding diaryl/α,β-unsaturated/α-hetero) is 1. The highest BCUT2D eigenvalue weighted by Crippen LogP contribution is 2.14. The molecule has 0 bridgehead atoms. The van der Waals surface area contributed by atoms with Crippen LogP contribution >= 0.6 is 0 Å². The Kier molecular flexibility index (Phi) is 6.74. The molecule has 1 rings (SSSR count).